The summed E-state index contributed by atoms with van der Waals surface area (Å²) in [6.45, 7) is 11.2. The molecule has 2 heterocycles. The maximum Gasteiger partial charge on any atom is 0.236 e. The van der Waals surface area contributed by atoms with Gasteiger partial charge in [0.25, 0.3) is 0 Å². The lowest BCUT2D eigenvalue weighted by Gasteiger charge is -2.27. The van der Waals surface area contributed by atoms with Crippen molar-refractivity contribution in [2.24, 2.45) is 5.41 Å². The Kier molecular flexibility index (Phi) is 5.22. The van der Waals surface area contributed by atoms with Crippen LogP contribution in [0.25, 0.3) is 0 Å². The predicted molar refractivity (Wildman–Crippen MR) is 78.1 cm³/mol. The first-order chi connectivity index (χ1) is 9.19. The minimum absolute atomic E-state index is 0.326. The average molecular weight is 267 g/mol. The van der Waals surface area contributed by atoms with Crippen LogP contribution in [0.15, 0.2) is 0 Å². The minimum Gasteiger partial charge on any atom is -0.340 e. The van der Waals surface area contributed by atoms with E-state index in [-0.39, 0.29) is 0 Å². The van der Waals surface area contributed by atoms with Gasteiger partial charge in [-0.3, -0.25) is 9.69 Å². The van der Waals surface area contributed by atoms with E-state index in [2.05, 4.69) is 24.1 Å². The van der Waals surface area contributed by atoms with Crippen molar-refractivity contribution < 1.29 is 4.79 Å². The number of nitrogens with zero attached hydrogens (tertiary/aromatic N) is 2. The van der Waals surface area contributed by atoms with Crippen LogP contribution in [0.3, 0.4) is 0 Å². The number of likely N-dealkylation sites (tertiary alicyclic amines) is 1. The molecule has 0 aromatic rings. The van der Waals surface area contributed by atoms with Crippen LogP contribution >= 0.6 is 0 Å². The molecule has 0 aromatic heterocycles. The van der Waals surface area contributed by atoms with Gasteiger partial charge in [-0.25, -0.2) is 0 Å². The lowest BCUT2D eigenvalue weighted by molar-refractivity contribution is -0.132. The number of hydrogen-bond donors (Lipinski definition) is 1. The molecule has 2 aliphatic rings. The normalized spacial score (nSPS) is 24.4. The van der Waals surface area contributed by atoms with E-state index in [0.29, 0.717) is 17.9 Å². The molecule has 0 spiro atoms. The number of hydrogen-bond acceptors (Lipinski definition) is 3. The summed E-state index contributed by atoms with van der Waals surface area (Å²) < 4.78 is 0. The van der Waals surface area contributed by atoms with Crippen LogP contribution in [-0.2, 0) is 4.79 Å². The van der Waals surface area contributed by atoms with Crippen LogP contribution in [0.1, 0.15) is 39.5 Å². The third-order valence-corrected chi connectivity index (χ3v) is 5.07. The Morgan fingerprint density at radius 2 is 1.95 bits per heavy atom. The molecule has 2 rings (SSSR count). The monoisotopic (exact) mass is 267 g/mol. The van der Waals surface area contributed by atoms with Gasteiger partial charge in [0, 0.05) is 26.2 Å². The second-order valence-corrected chi connectivity index (χ2v) is 6.15. The third kappa shape index (κ3) is 3.69. The molecule has 0 aromatic carbocycles. The summed E-state index contributed by atoms with van der Waals surface area (Å²) in [6.07, 6.45) is 4.82. The molecule has 0 unspecified atom stereocenters. The zero-order chi connectivity index (χ0) is 13.7. The zero-order valence-corrected chi connectivity index (χ0v) is 12.6. The number of carbonyl (C=O) groups is 1. The Balaban J connectivity index is 1.82. The van der Waals surface area contributed by atoms with Crippen molar-refractivity contribution in [3.05, 3.63) is 0 Å². The van der Waals surface area contributed by atoms with E-state index in [0.717, 1.165) is 45.7 Å². The number of carbonyl (C=O) groups excluding carboxylic acids is 1. The van der Waals surface area contributed by atoms with Crippen molar-refractivity contribution in [3.8, 4) is 0 Å². The molecular weight excluding hydrogens is 238 g/mol. The molecule has 0 atom stereocenters. The molecule has 2 fully saturated rings. The Labute approximate surface area is 117 Å². The van der Waals surface area contributed by atoms with Gasteiger partial charge in [0.1, 0.15) is 0 Å². The molecule has 110 valence electrons. The molecule has 1 amide bonds. The fourth-order valence-electron chi connectivity index (χ4n) is 3.38. The second-order valence-electron chi connectivity index (χ2n) is 6.15. The van der Waals surface area contributed by atoms with Gasteiger partial charge in [-0.05, 0) is 44.2 Å². The Morgan fingerprint density at radius 1 is 1.16 bits per heavy atom. The van der Waals surface area contributed by atoms with Crippen molar-refractivity contribution in [2.75, 3.05) is 45.8 Å². The molecule has 4 nitrogen and oxygen atoms in total. The smallest absolute Gasteiger partial charge is 0.236 e. The van der Waals surface area contributed by atoms with Gasteiger partial charge in [-0.1, -0.05) is 13.8 Å². The molecule has 0 aliphatic carbocycles. The average Bonchev–Trinajstić information content (AvgIpc) is 2.65. The van der Waals surface area contributed by atoms with Crippen molar-refractivity contribution in [2.45, 2.75) is 39.5 Å². The molecule has 2 aliphatic heterocycles. The molecule has 0 radical (unpaired) electrons. The predicted octanol–water partition coefficient (Wildman–Crippen LogP) is 1.32. The van der Waals surface area contributed by atoms with Gasteiger partial charge in [-0.2, -0.15) is 0 Å². The topological polar surface area (TPSA) is 35.6 Å². The molecule has 0 bridgehead atoms. The minimum atomic E-state index is 0.326. The van der Waals surface area contributed by atoms with Crippen LogP contribution in [-0.4, -0.2) is 61.5 Å². The maximum absolute atomic E-state index is 12.4. The van der Waals surface area contributed by atoms with Crippen molar-refractivity contribution >= 4 is 5.91 Å². The summed E-state index contributed by atoms with van der Waals surface area (Å²) in [7, 11) is 0. The van der Waals surface area contributed by atoms with Crippen LogP contribution in [0.2, 0.25) is 0 Å². The first kappa shape index (κ1) is 14.8. The van der Waals surface area contributed by atoms with Gasteiger partial charge < -0.3 is 10.2 Å². The number of nitrogens with one attached hydrogen (secondary N) is 1. The molecule has 2 saturated heterocycles. The van der Waals surface area contributed by atoms with Crippen molar-refractivity contribution in [3.63, 3.8) is 0 Å². The Hall–Kier alpha value is -0.610. The van der Waals surface area contributed by atoms with Crippen LogP contribution in [0, 0.1) is 5.41 Å². The van der Waals surface area contributed by atoms with Gasteiger partial charge >= 0.3 is 0 Å². The second kappa shape index (κ2) is 6.71. The lowest BCUT2D eigenvalue weighted by Crippen LogP contribution is -2.41. The number of rotatable bonds is 4. The summed E-state index contributed by atoms with van der Waals surface area (Å²) >= 11 is 0. The van der Waals surface area contributed by atoms with Crippen LogP contribution < -0.4 is 5.32 Å². The highest BCUT2D eigenvalue weighted by Gasteiger charge is 2.35. The molecule has 4 heteroatoms. The Morgan fingerprint density at radius 3 is 2.63 bits per heavy atom. The highest BCUT2D eigenvalue weighted by molar-refractivity contribution is 5.78. The fourth-order valence-corrected chi connectivity index (χ4v) is 3.38. The Bertz CT molecular complexity index is 294. The fraction of sp³-hybridized carbons (Fsp3) is 0.933. The van der Waals surface area contributed by atoms with Gasteiger partial charge in [0.15, 0.2) is 0 Å². The van der Waals surface area contributed by atoms with E-state index >= 15 is 0 Å². The standard InChI is InChI=1S/C15H29N3O/c1-3-15(4-2)6-10-17(13-15)12-14(19)18-9-5-7-16-8-11-18/h16H,3-13H2,1-2H3. The molecular formula is C15H29N3O. The lowest BCUT2D eigenvalue weighted by atomic mass is 9.82. The van der Waals surface area contributed by atoms with E-state index in [1.165, 1.54) is 19.3 Å². The van der Waals surface area contributed by atoms with Crippen LogP contribution in [0.5, 0.6) is 0 Å². The maximum atomic E-state index is 12.4. The van der Waals surface area contributed by atoms with E-state index in [1.54, 1.807) is 0 Å². The summed E-state index contributed by atoms with van der Waals surface area (Å²) in [5, 5.41) is 3.35. The first-order valence-corrected chi connectivity index (χ1v) is 7.90. The van der Waals surface area contributed by atoms with Gasteiger partial charge in [0.2, 0.25) is 5.91 Å². The SMILES string of the molecule is CCC1(CC)CCN(CC(=O)N2CCCNCC2)C1. The number of amides is 1. The van der Waals surface area contributed by atoms with E-state index in [4.69, 9.17) is 0 Å². The molecule has 0 saturated carbocycles. The summed E-state index contributed by atoms with van der Waals surface area (Å²) in [4.78, 5) is 16.8. The van der Waals surface area contributed by atoms with E-state index in [1.807, 2.05) is 4.90 Å². The van der Waals surface area contributed by atoms with Crippen molar-refractivity contribution in [1.82, 2.24) is 15.1 Å². The van der Waals surface area contributed by atoms with Gasteiger partial charge in [-0.15, -0.1) is 0 Å². The highest BCUT2D eigenvalue weighted by Crippen LogP contribution is 2.36. The largest absolute Gasteiger partial charge is 0.340 e. The van der Waals surface area contributed by atoms with Gasteiger partial charge in [0.05, 0.1) is 6.54 Å². The molecule has 19 heavy (non-hydrogen) atoms. The highest BCUT2D eigenvalue weighted by atomic mass is 16.2. The zero-order valence-electron chi connectivity index (χ0n) is 12.6. The molecule has 1 N–H and O–H groups in total. The third-order valence-electron chi connectivity index (χ3n) is 5.07. The van der Waals surface area contributed by atoms with E-state index < -0.39 is 0 Å². The quantitative estimate of drug-likeness (QED) is 0.834. The van der Waals surface area contributed by atoms with Crippen LogP contribution in [0.4, 0.5) is 0 Å². The first-order valence-electron chi connectivity index (χ1n) is 7.90. The van der Waals surface area contributed by atoms with Crippen molar-refractivity contribution in [1.29, 1.82) is 0 Å². The summed E-state index contributed by atoms with van der Waals surface area (Å²) in [5.74, 6) is 0.326. The summed E-state index contributed by atoms with van der Waals surface area (Å²) in [5.41, 5.74) is 0.473. The summed E-state index contributed by atoms with van der Waals surface area (Å²) in [6, 6.07) is 0. The van der Waals surface area contributed by atoms with E-state index in [9.17, 15) is 4.79 Å².